The van der Waals surface area contributed by atoms with Crippen molar-refractivity contribution in [3.8, 4) is 0 Å². The highest BCUT2D eigenvalue weighted by molar-refractivity contribution is 5.59. The summed E-state index contributed by atoms with van der Waals surface area (Å²) >= 11 is 0. The van der Waals surface area contributed by atoms with Crippen molar-refractivity contribution >= 4 is 6.29 Å². The molecule has 0 aromatic carbocycles. The van der Waals surface area contributed by atoms with Crippen LogP contribution in [0.15, 0.2) is 0 Å². The van der Waals surface area contributed by atoms with Crippen molar-refractivity contribution in [3.05, 3.63) is 0 Å². The Labute approximate surface area is 53.1 Å². The second-order valence-corrected chi connectivity index (χ2v) is 1.55. The first-order chi connectivity index (χ1) is 4.18. The number of carbonyl (C=O) groups is 1. The van der Waals surface area contributed by atoms with E-state index in [1.807, 2.05) is 0 Å². The summed E-state index contributed by atoms with van der Waals surface area (Å²) < 4.78 is 4.47. The molecule has 4 nitrogen and oxygen atoms in total. The zero-order valence-electron chi connectivity index (χ0n) is 5.20. The van der Waals surface area contributed by atoms with E-state index in [1.54, 1.807) is 6.92 Å². The van der Waals surface area contributed by atoms with Crippen LogP contribution in [-0.2, 0) is 9.53 Å². The van der Waals surface area contributed by atoms with E-state index in [9.17, 15) is 4.79 Å². The van der Waals surface area contributed by atoms with E-state index < -0.39 is 12.4 Å². The van der Waals surface area contributed by atoms with Crippen LogP contribution in [0.2, 0.25) is 0 Å². The summed E-state index contributed by atoms with van der Waals surface area (Å²) in [7, 11) is 0. The fourth-order valence-corrected chi connectivity index (χ4v) is 0.367. The van der Waals surface area contributed by atoms with Crippen LogP contribution in [0, 0.1) is 0 Å². The van der Waals surface area contributed by atoms with Gasteiger partial charge in [0.25, 0.3) is 0 Å². The molecule has 0 radical (unpaired) electrons. The standard InChI is InChI=1S/C5H10O4/c1-2-9-5(8,3-6)4-7/h3,7-8H,2,4H2,1H3. The van der Waals surface area contributed by atoms with E-state index in [2.05, 4.69) is 4.74 Å². The summed E-state index contributed by atoms with van der Waals surface area (Å²) in [6, 6.07) is 0. The van der Waals surface area contributed by atoms with Gasteiger partial charge in [-0.1, -0.05) is 0 Å². The lowest BCUT2D eigenvalue weighted by Gasteiger charge is -2.17. The molecule has 0 spiro atoms. The number of ether oxygens (including phenoxy) is 1. The number of aldehydes is 1. The minimum atomic E-state index is -1.99. The molecule has 0 heterocycles. The minimum Gasteiger partial charge on any atom is -0.390 e. The van der Waals surface area contributed by atoms with Gasteiger partial charge in [-0.2, -0.15) is 0 Å². The number of aliphatic hydroxyl groups excluding tert-OH is 1. The van der Waals surface area contributed by atoms with Gasteiger partial charge < -0.3 is 14.9 Å². The fourth-order valence-electron chi connectivity index (χ4n) is 0.367. The van der Waals surface area contributed by atoms with Gasteiger partial charge >= 0.3 is 0 Å². The zero-order chi connectivity index (χ0) is 7.33. The summed E-state index contributed by atoms with van der Waals surface area (Å²) in [4.78, 5) is 9.91. The molecule has 9 heavy (non-hydrogen) atoms. The monoisotopic (exact) mass is 134 g/mol. The molecule has 0 bridgehead atoms. The molecule has 54 valence electrons. The van der Waals surface area contributed by atoms with Gasteiger partial charge in [-0.05, 0) is 6.92 Å². The van der Waals surface area contributed by atoms with E-state index in [4.69, 9.17) is 10.2 Å². The third-order valence-electron chi connectivity index (χ3n) is 0.805. The van der Waals surface area contributed by atoms with Crippen molar-refractivity contribution in [3.63, 3.8) is 0 Å². The highest BCUT2D eigenvalue weighted by atomic mass is 16.6. The van der Waals surface area contributed by atoms with Crippen LogP contribution in [0.5, 0.6) is 0 Å². The Balaban J connectivity index is 3.76. The molecule has 4 heteroatoms. The van der Waals surface area contributed by atoms with Crippen LogP contribution in [0.3, 0.4) is 0 Å². The van der Waals surface area contributed by atoms with Crippen LogP contribution < -0.4 is 0 Å². The summed E-state index contributed by atoms with van der Waals surface area (Å²) in [5, 5.41) is 17.1. The third-order valence-corrected chi connectivity index (χ3v) is 0.805. The van der Waals surface area contributed by atoms with E-state index in [0.29, 0.717) is 0 Å². The minimum absolute atomic E-state index is 0.163. The molecule has 0 aliphatic heterocycles. The quantitative estimate of drug-likeness (QED) is 0.378. The van der Waals surface area contributed by atoms with Crippen molar-refractivity contribution in [2.75, 3.05) is 13.2 Å². The molecule has 1 atom stereocenters. The molecule has 0 aromatic heterocycles. The average Bonchev–Trinajstić information content (AvgIpc) is 1.89. The largest absolute Gasteiger partial charge is 0.390 e. The number of carbonyl (C=O) groups excluding carboxylic acids is 1. The smallest absolute Gasteiger partial charge is 0.247 e. The molecule has 0 aliphatic carbocycles. The second-order valence-electron chi connectivity index (χ2n) is 1.55. The van der Waals surface area contributed by atoms with Gasteiger partial charge in [0.2, 0.25) is 5.79 Å². The zero-order valence-corrected chi connectivity index (χ0v) is 5.20. The number of aliphatic hydroxyl groups is 2. The summed E-state index contributed by atoms with van der Waals surface area (Å²) in [5.41, 5.74) is 0. The first kappa shape index (κ1) is 8.55. The van der Waals surface area contributed by atoms with E-state index in [0.717, 1.165) is 0 Å². The Morgan fingerprint density at radius 1 is 1.78 bits per heavy atom. The summed E-state index contributed by atoms with van der Waals surface area (Å²) in [6.07, 6.45) is 0.163. The first-order valence-corrected chi connectivity index (χ1v) is 2.62. The Bertz CT molecular complexity index is 93.0. The lowest BCUT2D eigenvalue weighted by Crippen LogP contribution is -2.38. The molecular weight excluding hydrogens is 124 g/mol. The van der Waals surface area contributed by atoms with Crippen LogP contribution in [-0.4, -0.2) is 35.5 Å². The van der Waals surface area contributed by atoms with E-state index in [1.165, 1.54) is 0 Å². The molecule has 2 N–H and O–H groups in total. The Morgan fingerprint density at radius 3 is 2.44 bits per heavy atom. The van der Waals surface area contributed by atoms with Crippen molar-refractivity contribution in [1.82, 2.24) is 0 Å². The van der Waals surface area contributed by atoms with Gasteiger partial charge in [-0.15, -0.1) is 0 Å². The predicted molar refractivity (Wildman–Crippen MR) is 29.7 cm³/mol. The average molecular weight is 134 g/mol. The Kier molecular flexibility index (Phi) is 3.37. The topological polar surface area (TPSA) is 66.8 Å². The van der Waals surface area contributed by atoms with Crippen molar-refractivity contribution in [1.29, 1.82) is 0 Å². The lowest BCUT2D eigenvalue weighted by atomic mass is 10.3. The van der Waals surface area contributed by atoms with E-state index in [-0.39, 0.29) is 12.9 Å². The highest BCUT2D eigenvalue weighted by Crippen LogP contribution is 1.99. The normalized spacial score (nSPS) is 16.8. The molecule has 0 amide bonds. The first-order valence-electron chi connectivity index (χ1n) is 2.62. The van der Waals surface area contributed by atoms with Gasteiger partial charge in [0.05, 0.1) is 0 Å². The van der Waals surface area contributed by atoms with Crippen molar-refractivity contribution < 1.29 is 19.7 Å². The van der Waals surface area contributed by atoms with Gasteiger partial charge in [-0.3, -0.25) is 4.79 Å². The van der Waals surface area contributed by atoms with Gasteiger partial charge in [0.15, 0.2) is 6.29 Å². The predicted octanol–water partition coefficient (Wildman–Crippen LogP) is -1.10. The van der Waals surface area contributed by atoms with Crippen LogP contribution >= 0.6 is 0 Å². The highest BCUT2D eigenvalue weighted by Gasteiger charge is 2.24. The van der Waals surface area contributed by atoms with E-state index >= 15 is 0 Å². The molecule has 0 saturated carbocycles. The van der Waals surface area contributed by atoms with Crippen LogP contribution in [0.1, 0.15) is 6.92 Å². The lowest BCUT2D eigenvalue weighted by molar-refractivity contribution is -0.206. The fraction of sp³-hybridized carbons (Fsp3) is 0.800. The third kappa shape index (κ3) is 2.55. The number of rotatable bonds is 4. The molecule has 0 rings (SSSR count). The van der Waals surface area contributed by atoms with Crippen LogP contribution in [0.4, 0.5) is 0 Å². The molecule has 1 unspecified atom stereocenters. The van der Waals surface area contributed by atoms with Gasteiger partial charge in [-0.25, -0.2) is 0 Å². The van der Waals surface area contributed by atoms with Crippen molar-refractivity contribution in [2.45, 2.75) is 12.7 Å². The van der Waals surface area contributed by atoms with Crippen molar-refractivity contribution in [2.24, 2.45) is 0 Å². The Hall–Kier alpha value is -0.450. The maximum atomic E-state index is 9.91. The molecule has 0 fully saturated rings. The maximum Gasteiger partial charge on any atom is 0.247 e. The van der Waals surface area contributed by atoms with Crippen LogP contribution in [0.25, 0.3) is 0 Å². The molecule has 0 aromatic rings. The SMILES string of the molecule is CCOC(O)(C=O)CO. The number of hydrogen-bond donors (Lipinski definition) is 2. The Morgan fingerprint density at radius 2 is 2.33 bits per heavy atom. The number of hydrogen-bond acceptors (Lipinski definition) is 4. The maximum absolute atomic E-state index is 9.91. The summed E-state index contributed by atoms with van der Waals surface area (Å²) in [5.74, 6) is -1.99. The molecule has 0 aliphatic rings. The van der Waals surface area contributed by atoms with Gasteiger partial charge in [0, 0.05) is 6.61 Å². The summed E-state index contributed by atoms with van der Waals surface area (Å²) in [6.45, 7) is 1.10. The second kappa shape index (κ2) is 3.55. The molecule has 0 saturated heterocycles. The van der Waals surface area contributed by atoms with Gasteiger partial charge in [0.1, 0.15) is 6.61 Å². The molecular formula is C5H10O4.